The highest BCUT2D eigenvalue weighted by Gasteiger charge is 2.17. The standard InChI is InChI=1S/C44H28N2O/c1-3-13-30(14-4-1)39-28-40(46-44(45-39)31-15-5-2-6-16-31)36-26-34(33-23-22-29-12-7-8-17-32(29)24-33)25-35(27-36)37-19-11-21-42-43(37)38-18-9-10-20-41(38)47-42/h1-28H. The molecule has 2 aromatic heterocycles. The van der Waals surface area contributed by atoms with Gasteiger partial charge in [0.05, 0.1) is 11.4 Å². The van der Waals surface area contributed by atoms with Crippen molar-refractivity contribution >= 4 is 32.7 Å². The molecular formula is C44H28N2O. The summed E-state index contributed by atoms with van der Waals surface area (Å²) in [6.45, 7) is 0. The summed E-state index contributed by atoms with van der Waals surface area (Å²) in [5, 5.41) is 4.65. The first-order valence-electron chi connectivity index (χ1n) is 15.8. The van der Waals surface area contributed by atoms with Gasteiger partial charge in [0.1, 0.15) is 11.2 Å². The van der Waals surface area contributed by atoms with Gasteiger partial charge in [0, 0.05) is 27.5 Å². The average molecular weight is 601 g/mol. The molecule has 0 unspecified atom stereocenters. The largest absolute Gasteiger partial charge is 0.456 e. The summed E-state index contributed by atoms with van der Waals surface area (Å²) < 4.78 is 6.30. The summed E-state index contributed by atoms with van der Waals surface area (Å²) in [5.74, 6) is 0.697. The molecule has 7 aromatic carbocycles. The number of para-hydroxylation sites is 1. The SMILES string of the molecule is c1ccc(-c2cc(-c3cc(-c4ccc5ccccc5c4)cc(-c4cccc5oc6ccccc6c45)c3)nc(-c3ccccc3)n2)cc1. The molecule has 0 atom stereocenters. The highest BCUT2D eigenvalue weighted by atomic mass is 16.3. The monoisotopic (exact) mass is 600 g/mol. The molecule has 0 bridgehead atoms. The van der Waals surface area contributed by atoms with Crippen molar-refractivity contribution in [1.29, 1.82) is 0 Å². The second-order valence-electron chi connectivity index (χ2n) is 11.8. The molecule has 0 radical (unpaired) electrons. The smallest absolute Gasteiger partial charge is 0.160 e. The van der Waals surface area contributed by atoms with E-state index in [0.717, 1.165) is 72.3 Å². The maximum Gasteiger partial charge on any atom is 0.160 e. The van der Waals surface area contributed by atoms with Gasteiger partial charge in [-0.05, 0) is 75.5 Å². The van der Waals surface area contributed by atoms with Crippen LogP contribution >= 0.6 is 0 Å². The van der Waals surface area contributed by atoms with E-state index in [1.165, 1.54) is 10.8 Å². The Labute approximate surface area is 272 Å². The van der Waals surface area contributed by atoms with Crippen molar-refractivity contribution in [2.75, 3.05) is 0 Å². The number of furan rings is 1. The lowest BCUT2D eigenvalue weighted by Gasteiger charge is -2.14. The molecule has 2 heterocycles. The molecule has 9 rings (SSSR count). The molecule has 0 saturated carbocycles. The van der Waals surface area contributed by atoms with Crippen molar-refractivity contribution < 1.29 is 4.42 Å². The first-order chi connectivity index (χ1) is 23.3. The van der Waals surface area contributed by atoms with Crippen molar-refractivity contribution in [3.63, 3.8) is 0 Å². The summed E-state index contributed by atoms with van der Waals surface area (Å²) in [5.41, 5.74) is 11.1. The lowest BCUT2D eigenvalue weighted by atomic mass is 9.92. The predicted molar refractivity (Wildman–Crippen MR) is 194 cm³/mol. The van der Waals surface area contributed by atoms with Gasteiger partial charge in [-0.2, -0.15) is 0 Å². The van der Waals surface area contributed by atoms with Crippen LogP contribution in [0, 0.1) is 0 Å². The zero-order chi connectivity index (χ0) is 31.2. The van der Waals surface area contributed by atoms with Gasteiger partial charge in [0.25, 0.3) is 0 Å². The normalized spacial score (nSPS) is 11.4. The van der Waals surface area contributed by atoms with Crippen molar-refractivity contribution in [3.8, 4) is 56.2 Å². The Morgan fingerprint density at radius 2 is 1.00 bits per heavy atom. The van der Waals surface area contributed by atoms with E-state index in [-0.39, 0.29) is 0 Å². The van der Waals surface area contributed by atoms with Crippen molar-refractivity contribution in [1.82, 2.24) is 9.97 Å². The molecular weight excluding hydrogens is 572 g/mol. The zero-order valence-corrected chi connectivity index (χ0v) is 25.5. The maximum atomic E-state index is 6.30. The molecule has 0 amide bonds. The molecule has 0 N–H and O–H groups in total. The van der Waals surface area contributed by atoms with Crippen molar-refractivity contribution in [2.45, 2.75) is 0 Å². The zero-order valence-electron chi connectivity index (χ0n) is 25.5. The number of nitrogens with zero attached hydrogens (tertiary/aromatic N) is 2. The molecule has 47 heavy (non-hydrogen) atoms. The van der Waals surface area contributed by atoms with Gasteiger partial charge in [0.15, 0.2) is 5.82 Å². The molecule has 0 saturated heterocycles. The number of fused-ring (bicyclic) bond motifs is 4. The number of rotatable bonds is 5. The Morgan fingerprint density at radius 3 is 1.83 bits per heavy atom. The van der Waals surface area contributed by atoms with Crippen molar-refractivity contribution in [2.24, 2.45) is 0 Å². The van der Waals surface area contributed by atoms with Crippen LogP contribution in [0.4, 0.5) is 0 Å². The summed E-state index contributed by atoms with van der Waals surface area (Å²) >= 11 is 0. The van der Waals surface area contributed by atoms with E-state index in [4.69, 9.17) is 14.4 Å². The van der Waals surface area contributed by atoms with E-state index in [0.29, 0.717) is 5.82 Å². The minimum absolute atomic E-state index is 0.697. The minimum atomic E-state index is 0.697. The Balaban J connectivity index is 1.32. The van der Waals surface area contributed by atoms with Crippen LogP contribution in [-0.2, 0) is 0 Å². The minimum Gasteiger partial charge on any atom is -0.456 e. The van der Waals surface area contributed by atoms with Crippen LogP contribution in [0.1, 0.15) is 0 Å². The van der Waals surface area contributed by atoms with E-state index >= 15 is 0 Å². The second kappa shape index (κ2) is 11.2. The second-order valence-corrected chi connectivity index (χ2v) is 11.8. The lowest BCUT2D eigenvalue weighted by molar-refractivity contribution is 0.669. The molecule has 0 aliphatic carbocycles. The van der Waals surface area contributed by atoms with E-state index in [1.54, 1.807) is 0 Å². The van der Waals surface area contributed by atoms with Gasteiger partial charge in [0.2, 0.25) is 0 Å². The number of hydrogen-bond acceptors (Lipinski definition) is 3. The summed E-state index contributed by atoms with van der Waals surface area (Å²) in [6, 6.07) is 59.2. The fraction of sp³-hybridized carbons (Fsp3) is 0. The molecule has 9 aromatic rings. The fourth-order valence-electron chi connectivity index (χ4n) is 6.55. The van der Waals surface area contributed by atoms with Crippen LogP contribution in [0.3, 0.4) is 0 Å². The highest BCUT2D eigenvalue weighted by molar-refractivity contribution is 6.12. The van der Waals surface area contributed by atoms with E-state index < -0.39 is 0 Å². The Morgan fingerprint density at radius 1 is 0.362 bits per heavy atom. The summed E-state index contributed by atoms with van der Waals surface area (Å²) in [7, 11) is 0. The van der Waals surface area contributed by atoms with Gasteiger partial charge in [-0.25, -0.2) is 9.97 Å². The van der Waals surface area contributed by atoms with Gasteiger partial charge < -0.3 is 4.42 Å². The molecule has 0 fully saturated rings. The predicted octanol–water partition coefficient (Wildman–Crippen LogP) is 11.9. The first-order valence-corrected chi connectivity index (χ1v) is 15.8. The molecule has 3 nitrogen and oxygen atoms in total. The van der Waals surface area contributed by atoms with Crippen LogP contribution in [0.5, 0.6) is 0 Å². The van der Waals surface area contributed by atoms with Gasteiger partial charge in [-0.3, -0.25) is 0 Å². The lowest BCUT2D eigenvalue weighted by Crippen LogP contribution is -1.96. The van der Waals surface area contributed by atoms with Crippen LogP contribution in [0.15, 0.2) is 174 Å². The quantitative estimate of drug-likeness (QED) is 0.197. The molecule has 220 valence electrons. The van der Waals surface area contributed by atoms with E-state index in [2.05, 4.69) is 121 Å². The number of aromatic nitrogens is 2. The third kappa shape index (κ3) is 4.95. The third-order valence-electron chi connectivity index (χ3n) is 8.85. The fourth-order valence-corrected chi connectivity index (χ4v) is 6.55. The summed E-state index contributed by atoms with van der Waals surface area (Å²) in [4.78, 5) is 10.2. The first kappa shape index (κ1) is 27.0. The third-order valence-corrected chi connectivity index (χ3v) is 8.85. The van der Waals surface area contributed by atoms with Crippen LogP contribution < -0.4 is 0 Å². The van der Waals surface area contributed by atoms with Crippen molar-refractivity contribution in [3.05, 3.63) is 170 Å². The van der Waals surface area contributed by atoms with Gasteiger partial charge in [-0.1, -0.05) is 127 Å². The van der Waals surface area contributed by atoms with Crippen LogP contribution in [0.25, 0.3) is 88.9 Å². The Kier molecular flexibility index (Phi) is 6.46. The van der Waals surface area contributed by atoms with E-state index in [1.807, 2.05) is 48.5 Å². The Hall–Kier alpha value is -6.32. The average Bonchev–Trinajstić information content (AvgIpc) is 3.54. The molecule has 0 aliphatic heterocycles. The van der Waals surface area contributed by atoms with E-state index in [9.17, 15) is 0 Å². The van der Waals surface area contributed by atoms with Crippen LogP contribution in [0.2, 0.25) is 0 Å². The molecule has 3 heteroatoms. The summed E-state index contributed by atoms with van der Waals surface area (Å²) in [6.07, 6.45) is 0. The van der Waals surface area contributed by atoms with Gasteiger partial charge in [-0.15, -0.1) is 0 Å². The number of benzene rings is 7. The Bertz CT molecular complexity index is 2510. The highest BCUT2D eigenvalue weighted by Crippen LogP contribution is 2.40. The molecule has 0 aliphatic rings. The maximum absolute atomic E-state index is 6.30. The topological polar surface area (TPSA) is 38.9 Å². The number of hydrogen-bond donors (Lipinski definition) is 0. The van der Waals surface area contributed by atoms with Gasteiger partial charge >= 0.3 is 0 Å². The van der Waals surface area contributed by atoms with Crippen LogP contribution in [-0.4, -0.2) is 9.97 Å². The molecule has 0 spiro atoms.